The third kappa shape index (κ3) is 5.84. The first-order valence-electron chi connectivity index (χ1n) is 11.2. The smallest absolute Gasteiger partial charge is 0.243 e. The van der Waals surface area contributed by atoms with Gasteiger partial charge in [-0.25, -0.2) is 13.4 Å². The molecule has 33 heavy (non-hydrogen) atoms. The van der Waals surface area contributed by atoms with Gasteiger partial charge in [-0.1, -0.05) is 31.5 Å². The first-order chi connectivity index (χ1) is 15.7. The average molecular weight is 494 g/mol. The lowest BCUT2D eigenvalue weighted by atomic mass is 10.2. The van der Waals surface area contributed by atoms with Gasteiger partial charge in [-0.3, -0.25) is 9.69 Å². The molecule has 1 aliphatic heterocycles. The van der Waals surface area contributed by atoms with Crippen LogP contribution in [0.25, 0.3) is 0 Å². The largest absolute Gasteiger partial charge is 0.354 e. The van der Waals surface area contributed by atoms with Gasteiger partial charge in [-0.15, -0.1) is 0 Å². The van der Waals surface area contributed by atoms with Crippen LogP contribution in [-0.4, -0.2) is 73.8 Å². The minimum Gasteiger partial charge on any atom is -0.354 e. The molecule has 0 bridgehead atoms. The molecular weight excluding hydrogens is 462 g/mol. The second-order valence-corrected chi connectivity index (χ2v) is 10.4. The van der Waals surface area contributed by atoms with Gasteiger partial charge in [0.05, 0.1) is 16.0 Å². The van der Waals surface area contributed by atoms with Crippen LogP contribution in [0.4, 0.5) is 11.5 Å². The third-order valence-corrected chi connectivity index (χ3v) is 8.47. The van der Waals surface area contributed by atoms with E-state index in [1.807, 2.05) is 32.9 Å². The van der Waals surface area contributed by atoms with Crippen molar-refractivity contribution in [3.05, 3.63) is 47.1 Å². The number of rotatable bonds is 8. The lowest BCUT2D eigenvalue weighted by Gasteiger charge is -2.38. The Hall–Kier alpha value is -2.20. The molecule has 1 atom stereocenters. The molecule has 180 valence electrons. The van der Waals surface area contributed by atoms with E-state index in [9.17, 15) is 13.2 Å². The number of aromatic nitrogens is 1. The first kappa shape index (κ1) is 25.4. The summed E-state index contributed by atoms with van der Waals surface area (Å²) in [6.45, 7) is 11.0. The average Bonchev–Trinajstić information content (AvgIpc) is 2.81. The number of anilines is 2. The molecule has 1 unspecified atom stereocenters. The Kier molecular flexibility index (Phi) is 8.33. The van der Waals surface area contributed by atoms with Crippen molar-refractivity contribution in [1.29, 1.82) is 0 Å². The van der Waals surface area contributed by atoms with Gasteiger partial charge in [0.25, 0.3) is 0 Å². The van der Waals surface area contributed by atoms with Crippen molar-refractivity contribution in [2.24, 2.45) is 0 Å². The quantitative estimate of drug-likeness (QED) is 0.607. The molecule has 1 aliphatic rings. The number of piperazine rings is 1. The van der Waals surface area contributed by atoms with Gasteiger partial charge in [0.1, 0.15) is 5.82 Å². The Bertz CT molecular complexity index is 1070. The number of carbonyl (C=O) groups excluding carboxylic acids is 1. The molecule has 2 aromatic rings. The molecule has 1 fully saturated rings. The number of nitrogens with zero attached hydrogens (tertiary/aromatic N) is 4. The Labute approximate surface area is 201 Å². The summed E-state index contributed by atoms with van der Waals surface area (Å²) in [7, 11) is -3.61. The number of halogens is 1. The molecule has 3 rings (SSSR count). The lowest BCUT2D eigenvalue weighted by molar-refractivity contribution is -0.120. The topological polar surface area (TPSA) is 85.8 Å². The Morgan fingerprint density at radius 1 is 1.15 bits per heavy atom. The maximum Gasteiger partial charge on any atom is 0.243 e. The van der Waals surface area contributed by atoms with Crippen molar-refractivity contribution >= 4 is 39.0 Å². The van der Waals surface area contributed by atoms with Crippen LogP contribution in [0.15, 0.2) is 41.4 Å². The summed E-state index contributed by atoms with van der Waals surface area (Å²) in [5, 5.41) is 3.50. The molecule has 0 radical (unpaired) electrons. The van der Waals surface area contributed by atoms with Gasteiger partial charge in [0, 0.05) is 51.2 Å². The predicted octanol–water partition coefficient (Wildman–Crippen LogP) is 3.22. The number of hydrogen-bond donors (Lipinski definition) is 1. The molecule has 0 saturated carbocycles. The molecule has 2 heterocycles. The number of aryl methyl sites for hydroxylation is 1. The summed E-state index contributed by atoms with van der Waals surface area (Å²) in [5.41, 5.74) is 1.13. The fourth-order valence-corrected chi connectivity index (χ4v) is 5.78. The number of sulfonamides is 1. The summed E-state index contributed by atoms with van der Waals surface area (Å²) in [4.78, 5) is 21.8. The number of nitrogens with one attached hydrogen (secondary N) is 1. The van der Waals surface area contributed by atoms with Crippen LogP contribution in [0.1, 0.15) is 26.3 Å². The predicted molar refractivity (Wildman–Crippen MR) is 132 cm³/mol. The van der Waals surface area contributed by atoms with Gasteiger partial charge in [-0.2, -0.15) is 4.31 Å². The number of hydrogen-bond acceptors (Lipinski definition) is 6. The van der Waals surface area contributed by atoms with Gasteiger partial charge in [0.15, 0.2) is 0 Å². The van der Waals surface area contributed by atoms with E-state index in [2.05, 4.69) is 20.1 Å². The lowest BCUT2D eigenvalue weighted by Crippen LogP contribution is -2.53. The maximum absolute atomic E-state index is 13.0. The van der Waals surface area contributed by atoms with Crippen LogP contribution in [-0.2, 0) is 14.8 Å². The minimum absolute atomic E-state index is 0.164. The molecule has 1 amide bonds. The third-order valence-electron chi connectivity index (χ3n) is 6.06. The summed E-state index contributed by atoms with van der Waals surface area (Å²) < 4.78 is 27.4. The summed E-state index contributed by atoms with van der Waals surface area (Å²) in [6, 6.07) is 8.39. The van der Waals surface area contributed by atoms with Crippen molar-refractivity contribution in [3.63, 3.8) is 0 Å². The van der Waals surface area contributed by atoms with Crippen molar-refractivity contribution in [2.45, 2.75) is 38.6 Å². The normalized spacial score (nSPS) is 16.1. The van der Waals surface area contributed by atoms with E-state index in [-0.39, 0.29) is 16.8 Å². The van der Waals surface area contributed by atoms with Crippen LogP contribution in [0.5, 0.6) is 0 Å². The molecule has 1 N–H and O–H groups in total. The summed E-state index contributed by atoms with van der Waals surface area (Å²) >= 11 is 5.92. The molecule has 1 saturated heterocycles. The molecule has 1 aromatic heterocycles. The van der Waals surface area contributed by atoms with Crippen LogP contribution >= 0.6 is 11.6 Å². The van der Waals surface area contributed by atoms with Crippen molar-refractivity contribution in [3.8, 4) is 0 Å². The number of carbonyl (C=O) groups is 1. The monoisotopic (exact) mass is 493 g/mol. The van der Waals surface area contributed by atoms with E-state index in [1.54, 1.807) is 31.3 Å². The summed E-state index contributed by atoms with van der Waals surface area (Å²) in [6.07, 6.45) is 1.63. The van der Waals surface area contributed by atoms with Gasteiger partial charge in [-0.05, 0) is 43.7 Å². The van der Waals surface area contributed by atoms with Gasteiger partial charge in [0.2, 0.25) is 15.9 Å². The van der Waals surface area contributed by atoms with Crippen LogP contribution in [0.3, 0.4) is 0 Å². The Morgan fingerprint density at radius 3 is 2.39 bits per heavy atom. The molecule has 8 nitrogen and oxygen atoms in total. The fraction of sp³-hybridized carbons (Fsp3) is 0.478. The van der Waals surface area contributed by atoms with Crippen LogP contribution in [0.2, 0.25) is 5.02 Å². The van der Waals surface area contributed by atoms with Crippen LogP contribution < -0.4 is 10.2 Å². The first-order valence-corrected chi connectivity index (χ1v) is 13.0. The molecule has 10 heteroatoms. The highest BCUT2D eigenvalue weighted by molar-refractivity contribution is 7.89. The zero-order valence-corrected chi connectivity index (χ0v) is 21.2. The van der Waals surface area contributed by atoms with E-state index >= 15 is 0 Å². The van der Waals surface area contributed by atoms with Gasteiger partial charge < -0.3 is 10.2 Å². The zero-order valence-electron chi connectivity index (χ0n) is 19.6. The highest BCUT2D eigenvalue weighted by atomic mass is 35.5. The Morgan fingerprint density at radius 2 is 1.82 bits per heavy atom. The SMILES string of the molecule is CCN(CC)S(=O)(=O)c1cc(NC(=O)C(C)N2CCN(c3ccc(Cl)cn3)CC2)ccc1C. The van der Waals surface area contributed by atoms with E-state index in [0.717, 1.165) is 18.9 Å². The molecular formula is C23H32ClN5O3S. The standard InChI is InChI=1S/C23H32ClN5O3S/c1-5-29(6-2)33(31,32)21-15-20(9-7-17(21)3)26-23(30)18(4)27-11-13-28(14-12-27)22-10-8-19(24)16-25-22/h7-10,15-16,18H,5-6,11-14H2,1-4H3,(H,26,30). The van der Waals surface area contributed by atoms with E-state index in [0.29, 0.717) is 42.5 Å². The molecule has 1 aromatic carbocycles. The zero-order chi connectivity index (χ0) is 24.2. The second kappa shape index (κ2) is 10.8. The molecule has 0 aliphatic carbocycles. The van der Waals surface area contributed by atoms with Crippen molar-refractivity contribution in [2.75, 3.05) is 49.5 Å². The van der Waals surface area contributed by atoms with Gasteiger partial charge >= 0.3 is 0 Å². The summed E-state index contributed by atoms with van der Waals surface area (Å²) in [5.74, 6) is 0.709. The molecule has 0 spiro atoms. The maximum atomic E-state index is 13.0. The highest BCUT2D eigenvalue weighted by Gasteiger charge is 2.27. The van der Waals surface area contributed by atoms with Crippen LogP contribution in [0, 0.1) is 6.92 Å². The Balaban J connectivity index is 1.65. The fourth-order valence-electron chi connectivity index (χ4n) is 3.96. The van der Waals surface area contributed by atoms with E-state index in [4.69, 9.17) is 11.6 Å². The van der Waals surface area contributed by atoms with Crippen molar-refractivity contribution < 1.29 is 13.2 Å². The number of amides is 1. The number of pyridine rings is 1. The van der Waals surface area contributed by atoms with Crippen molar-refractivity contribution in [1.82, 2.24) is 14.2 Å². The van der Waals surface area contributed by atoms with E-state index in [1.165, 1.54) is 4.31 Å². The second-order valence-electron chi connectivity index (χ2n) is 8.09. The minimum atomic E-state index is -3.61. The van der Waals surface area contributed by atoms with E-state index < -0.39 is 10.0 Å². The number of benzene rings is 1. The highest BCUT2D eigenvalue weighted by Crippen LogP contribution is 2.24.